The van der Waals surface area contributed by atoms with Gasteiger partial charge in [0.25, 0.3) is 0 Å². The van der Waals surface area contributed by atoms with Gasteiger partial charge in [-0.2, -0.15) is 0 Å². The van der Waals surface area contributed by atoms with Gasteiger partial charge in [-0.3, -0.25) is 5.41 Å². The molecule has 17 heavy (non-hydrogen) atoms. The molecule has 0 fully saturated rings. The highest BCUT2D eigenvalue weighted by Crippen LogP contribution is 2.24. The van der Waals surface area contributed by atoms with E-state index in [1.165, 1.54) is 0 Å². The third-order valence-electron chi connectivity index (χ3n) is 2.47. The first-order valence-corrected chi connectivity index (χ1v) is 6.39. The molecule has 0 atom stereocenters. The van der Waals surface area contributed by atoms with Crippen LogP contribution < -0.4 is 10.6 Å². The standard InChI is InChI=1S/C12H18BrN3O/c1-2-5-16(6-7-17)9-3-4-10(12(14)15)11(13)8-9/h3-4,8,17H,2,5-7H2,1H3,(H3,14,15). The van der Waals surface area contributed by atoms with Crippen LogP contribution in [0.3, 0.4) is 0 Å². The van der Waals surface area contributed by atoms with Gasteiger partial charge in [-0.1, -0.05) is 6.92 Å². The van der Waals surface area contributed by atoms with Gasteiger partial charge in [-0.25, -0.2) is 0 Å². The Morgan fingerprint density at radius 1 is 1.47 bits per heavy atom. The summed E-state index contributed by atoms with van der Waals surface area (Å²) < 4.78 is 0.807. The lowest BCUT2D eigenvalue weighted by molar-refractivity contribution is 0.302. The van der Waals surface area contributed by atoms with Crippen molar-refractivity contribution in [1.29, 1.82) is 5.41 Å². The molecule has 94 valence electrons. The topological polar surface area (TPSA) is 73.3 Å². The van der Waals surface area contributed by atoms with Crippen molar-refractivity contribution in [3.63, 3.8) is 0 Å². The summed E-state index contributed by atoms with van der Waals surface area (Å²) in [5.74, 6) is 0.0487. The van der Waals surface area contributed by atoms with Crippen molar-refractivity contribution in [3.05, 3.63) is 28.2 Å². The van der Waals surface area contributed by atoms with Crippen molar-refractivity contribution in [1.82, 2.24) is 0 Å². The molecule has 0 spiro atoms. The zero-order valence-electron chi connectivity index (χ0n) is 9.91. The molecule has 5 heteroatoms. The molecule has 0 amide bonds. The highest BCUT2D eigenvalue weighted by Gasteiger charge is 2.08. The molecule has 1 rings (SSSR count). The number of hydrogen-bond donors (Lipinski definition) is 3. The Kier molecular flexibility index (Phi) is 5.44. The summed E-state index contributed by atoms with van der Waals surface area (Å²) >= 11 is 3.41. The molecule has 0 aliphatic carbocycles. The van der Waals surface area contributed by atoms with Crippen LogP contribution in [0.2, 0.25) is 0 Å². The predicted octanol–water partition coefficient (Wildman–Crippen LogP) is 1.94. The average molecular weight is 300 g/mol. The molecular formula is C12H18BrN3O. The molecule has 0 saturated heterocycles. The maximum atomic E-state index is 9.03. The van der Waals surface area contributed by atoms with Crippen LogP contribution in [0.1, 0.15) is 18.9 Å². The molecule has 0 aliphatic heterocycles. The van der Waals surface area contributed by atoms with Crippen molar-refractivity contribution in [3.8, 4) is 0 Å². The fourth-order valence-electron chi connectivity index (χ4n) is 1.68. The van der Waals surface area contributed by atoms with Gasteiger partial charge in [0, 0.05) is 28.8 Å². The Bertz CT molecular complexity index is 389. The van der Waals surface area contributed by atoms with E-state index in [0.717, 1.165) is 23.1 Å². The van der Waals surface area contributed by atoms with Gasteiger partial charge < -0.3 is 15.7 Å². The summed E-state index contributed by atoms with van der Waals surface area (Å²) in [4.78, 5) is 2.11. The number of aliphatic hydroxyl groups excluding tert-OH is 1. The van der Waals surface area contributed by atoms with Gasteiger partial charge in [0.2, 0.25) is 0 Å². The van der Waals surface area contributed by atoms with Crippen LogP contribution in [0.15, 0.2) is 22.7 Å². The summed E-state index contributed by atoms with van der Waals surface area (Å²) in [7, 11) is 0. The van der Waals surface area contributed by atoms with E-state index in [2.05, 4.69) is 27.8 Å². The number of halogens is 1. The molecule has 0 unspecified atom stereocenters. The molecule has 4 nitrogen and oxygen atoms in total. The number of rotatable bonds is 6. The summed E-state index contributed by atoms with van der Waals surface area (Å²) in [5, 5.41) is 16.4. The molecule has 4 N–H and O–H groups in total. The minimum atomic E-state index is 0.0487. The van der Waals surface area contributed by atoms with Crippen molar-refractivity contribution in [2.24, 2.45) is 5.73 Å². The Morgan fingerprint density at radius 3 is 2.65 bits per heavy atom. The van der Waals surface area contributed by atoms with Crippen LogP contribution in [0.4, 0.5) is 5.69 Å². The van der Waals surface area contributed by atoms with Crippen LogP contribution in [0, 0.1) is 5.41 Å². The Hall–Kier alpha value is -1.07. The molecule has 0 bridgehead atoms. The van der Waals surface area contributed by atoms with E-state index < -0.39 is 0 Å². The van der Waals surface area contributed by atoms with E-state index in [9.17, 15) is 0 Å². The largest absolute Gasteiger partial charge is 0.395 e. The quantitative estimate of drug-likeness (QED) is 0.555. The van der Waals surface area contributed by atoms with Gasteiger partial charge in [0.05, 0.1) is 6.61 Å². The van der Waals surface area contributed by atoms with Gasteiger partial charge in [-0.15, -0.1) is 0 Å². The number of nitrogens with zero attached hydrogens (tertiary/aromatic N) is 1. The first-order chi connectivity index (χ1) is 8.10. The molecular weight excluding hydrogens is 282 g/mol. The van der Waals surface area contributed by atoms with Gasteiger partial charge in [0.1, 0.15) is 5.84 Å². The van der Waals surface area contributed by atoms with Crippen molar-refractivity contribution < 1.29 is 5.11 Å². The van der Waals surface area contributed by atoms with E-state index in [4.69, 9.17) is 16.2 Å². The SMILES string of the molecule is CCCN(CCO)c1ccc(C(=N)N)c(Br)c1. The lowest BCUT2D eigenvalue weighted by Crippen LogP contribution is -2.27. The zero-order chi connectivity index (χ0) is 12.8. The number of amidine groups is 1. The predicted molar refractivity (Wildman–Crippen MR) is 74.7 cm³/mol. The minimum absolute atomic E-state index is 0.0487. The van der Waals surface area contributed by atoms with E-state index in [-0.39, 0.29) is 12.4 Å². The molecule has 0 aromatic heterocycles. The van der Waals surface area contributed by atoms with E-state index in [1.807, 2.05) is 18.2 Å². The number of hydrogen-bond acceptors (Lipinski definition) is 3. The number of benzene rings is 1. The highest BCUT2D eigenvalue weighted by atomic mass is 79.9. The van der Waals surface area contributed by atoms with Crippen molar-refractivity contribution in [2.45, 2.75) is 13.3 Å². The highest BCUT2D eigenvalue weighted by molar-refractivity contribution is 9.10. The second kappa shape index (κ2) is 6.61. The first kappa shape index (κ1) is 14.0. The Balaban J connectivity index is 2.97. The molecule has 1 aromatic carbocycles. The number of aliphatic hydroxyl groups is 1. The van der Waals surface area contributed by atoms with Crippen LogP contribution in [-0.2, 0) is 0 Å². The number of nitrogen functional groups attached to an aromatic ring is 1. The van der Waals surface area contributed by atoms with Gasteiger partial charge in [0.15, 0.2) is 0 Å². The van der Waals surface area contributed by atoms with Crippen LogP contribution in [-0.4, -0.2) is 30.6 Å². The number of nitrogens with two attached hydrogens (primary N) is 1. The normalized spacial score (nSPS) is 10.3. The van der Waals surface area contributed by atoms with Crippen LogP contribution in [0.25, 0.3) is 0 Å². The number of anilines is 1. The third kappa shape index (κ3) is 3.71. The maximum Gasteiger partial charge on any atom is 0.123 e. The van der Waals surface area contributed by atoms with Gasteiger partial charge >= 0.3 is 0 Å². The van der Waals surface area contributed by atoms with Crippen molar-refractivity contribution >= 4 is 27.5 Å². The summed E-state index contributed by atoms with van der Waals surface area (Å²) in [6, 6.07) is 5.68. The lowest BCUT2D eigenvalue weighted by Gasteiger charge is -2.24. The minimum Gasteiger partial charge on any atom is -0.395 e. The van der Waals surface area contributed by atoms with E-state index >= 15 is 0 Å². The molecule has 0 aliphatic rings. The summed E-state index contributed by atoms with van der Waals surface area (Å²) in [6.07, 6.45) is 1.02. The first-order valence-electron chi connectivity index (χ1n) is 5.60. The zero-order valence-corrected chi connectivity index (χ0v) is 11.5. The lowest BCUT2D eigenvalue weighted by atomic mass is 10.1. The average Bonchev–Trinajstić information content (AvgIpc) is 2.28. The van der Waals surface area contributed by atoms with Crippen LogP contribution in [0.5, 0.6) is 0 Å². The Morgan fingerprint density at radius 2 is 2.18 bits per heavy atom. The molecule has 0 radical (unpaired) electrons. The second-order valence-electron chi connectivity index (χ2n) is 3.79. The third-order valence-corrected chi connectivity index (χ3v) is 3.13. The monoisotopic (exact) mass is 299 g/mol. The second-order valence-corrected chi connectivity index (χ2v) is 4.64. The molecule has 0 saturated carbocycles. The fraction of sp³-hybridized carbons (Fsp3) is 0.417. The van der Waals surface area contributed by atoms with Crippen molar-refractivity contribution in [2.75, 3.05) is 24.6 Å². The fourth-order valence-corrected chi connectivity index (χ4v) is 2.26. The van der Waals surface area contributed by atoms with Gasteiger partial charge in [-0.05, 0) is 40.5 Å². The summed E-state index contributed by atoms with van der Waals surface area (Å²) in [5.41, 5.74) is 7.17. The van der Waals surface area contributed by atoms with E-state index in [1.54, 1.807) is 0 Å². The Labute approximate surface area is 110 Å². The molecule has 1 aromatic rings. The number of nitrogens with one attached hydrogen (secondary N) is 1. The smallest absolute Gasteiger partial charge is 0.123 e. The molecule has 0 heterocycles. The van der Waals surface area contributed by atoms with E-state index in [0.29, 0.717) is 12.1 Å². The van der Waals surface area contributed by atoms with Crippen LogP contribution >= 0.6 is 15.9 Å². The summed E-state index contributed by atoms with van der Waals surface area (Å²) in [6.45, 7) is 3.74. The maximum absolute atomic E-state index is 9.03.